The van der Waals surface area contributed by atoms with Crippen LogP contribution >= 0.6 is 0 Å². The molecule has 6 heteroatoms. The van der Waals surface area contributed by atoms with Crippen LogP contribution in [0.3, 0.4) is 0 Å². The molecule has 0 saturated carbocycles. The molecule has 29 heavy (non-hydrogen) atoms. The molecule has 3 aromatic carbocycles. The van der Waals surface area contributed by atoms with Crippen molar-refractivity contribution in [2.45, 2.75) is 5.92 Å². The Bertz CT molecular complexity index is 1440. The molecule has 1 aromatic heterocycles. The highest BCUT2D eigenvalue weighted by Crippen LogP contribution is 2.47. The van der Waals surface area contributed by atoms with Gasteiger partial charge in [-0.25, -0.2) is 0 Å². The number of hydrogen-bond acceptors (Lipinski definition) is 5. The van der Waals surface area contributed by atoms with Crippen molar-refractivity contribution in [1.29, 1.82) is 5.26 Å². The van der Waals surface area contributed by atoms with Crippen LogP contribution in [0, 0.1) is 11.3 Å². The summed E-state index contributed by atoms with van der Waals surface area (Å²) in [6.45, 7) is 0. The number of benzene rings is 3. The first-order chi connectivity index (χ1) is 14.1. The maximum atomic E-state index is 13.1. The summed E-state index contributed by atoms with van der Waals surface area (Å²) in [5.41, 5.74) is 7.11. The molecule has 0 bridgehead atoms. The predicted octanol–water partition coefficient (Wildman–Crippen LogP) is 3.61. The molecule has 1 aliphatic rings. The van der Waals surface area contributed by atoms with E-state index in [4.69, 9.17) is 10.5 Å². The van der Waals surface area contributed by atoms with Crippen LogP contribution in [-0.4, -0.2) is 10.1 Å². The minimum Gasteiger partial charge on any atom is -0.508 e. The van der Waals surface area contributed by atoms with E-state index in [-0.39, 0.29) is 22.8 Å². The van der Waals surface area contributed by atoms with Crippen molar-refractivity contribution in [3.8, 4) is 17.6 Å². The third-order valence-corrected chi connectivity index (χ3v) is 5.32. The number of para-hydroxylation sites is 1. The highest BCUT2D eigenvalue weighted by Gasteiger charge is 2.36. The van der Waals surface area contributed by atoms with Crippen LogP contribution in [0.1, 0.15) is 17.0 Å². The van der Waals surface area contributed by atoms with Gasteiger partial charge in [0, 0.05) is 10.9 Å². The number of ether oxygens (including phenoxy) is 1. The second-order valence-electron chi connectivity index (χ2n) is 6.89. The standard InChI is InChI=1S/C23H15N3O3/c24-11-15-19(18-13-6-2-1-5-12(13)9-10-17(18)27)20-21(29-22(15)25)14-7-3-4-8-16(14)26-23(20)28/h1-10,19,27H,25H2,(H,26,28)/t19-/m1/s1. The van der Waals surface area contributed by atoms with Crippen LogP contribution in [0.4, 0.5) is 0 Å². The zero-order valence-corrected chi connectivity index (χ0v) is 15.1. The Labute approximate surface area is 165 Å². The van der Waals surface area contributed by atoms with Gasteiger partial charge >= 0.3 is 0 Å². The summed E-state index contributed by atoms with van der Waals surface area (Å²) >= 11 is 0. The number of hydrogen-bond donors (Lipinski definition) is 3. The smallest absolute Gasteiger partial charge is 0.256 e. The number of aromatic nitrogens is 1. The van der Waals surface area contributed by atoms with Crippen molar-refractivity contribution in [2.75, 3.05) is 0 Å². The minimum absolute atomic E-state index is 0.0188. The van der Waals surface area contributed by atoms with Gasteiger partial charge in [0.25, 0.3) is 5.56 Å². The van der Waals surface area contributed by atoms with Crippen molar-refractivity contribution >= 4 is 21.7 Å². The van der Waals surface area contributed by atoms with Gasteiger partial charge in [-0.2, -0.15) is 5.26 Å². The van der Waals surface area contributed by atoms with Gasteiger partial charge in [-0.1, -0.05) is 42.5 Å². The van der Waals surface area contributed by atoms with Gasteiger partial charge in [0.2, 0.25) is 5.88 Å². The number of aromatic hydroxyl groups is 1. The van der Waals surface area contributed by atoms with Crippen molar-refractivity contribution < 1.29 is 9.84 Å². The maximum Gasteiger partial charge on any atom is 0.256 e. The normalized spacial score (nSPS) is 15.8. The van der Waals surface area contributed by atoms with Gasteiger partial charge in [0.05, 0.1) is 17.0 Å². The zero-order chi connectivity index (χ0) is 20.1. The molecular weight excluding hydrogens is 366 g/mol. The number of nitrogens with zero attached hydrogens (tertiary/aromatic N) is 1. The number of nitriles is 1. The van der Waals surface area contributed by atoms with Crippen LogP contribution < -0.4 is 16.0 Å². The second-order valence-corrected chi connectivity index (χ2v) is 6.89. The van der Waals surface area contributed by atoms with E-state index < -0.39 is 11.5 Å². The molecule has 0 radical (unpaired) electrons. The molecule has 0 aliphatic carbocycles. The number of pyridine rings is 1. The van der Waals surface area contributed by atoms with Gasteiger partial charge in [-0.05, 0) is 29.0 Å². The SMILES string of the molecule is N#CC1=C(N)Oc2c(c(=O)[nH]c3ccccc23)[C@H]1c1c(O)ccc2ccccc12. The summed E-state index contributed by atoms with van der Waals surface area (Å²) < 4.78 is 5.77. The Morgan fingerprint density at radius 3 is 2.52 bits per heavy atom. The summed E-state index contributed by atoms with van der Waals surface area (Å²) in [6.07, 6.45) is 0. The van der Waals surface area contributed by atoms with E-state index in [0.29, 0.717) is 22.2 Å². The van der Waals surface area contributed by atoms with Crippen molar-refractivity contribution in [3.63, 3.8) is 0 Å². The van der Waals surface area contributed by atoms with Crippen LogP contribution in [0.2, 0.25) is 0 Å². The largest absolute Gasteiger partial charge is 0.508 e. The molecule has 4 aromatic rings. The predicted molar refractivity (Wildman–Crippen MR) is 109 cm³/mol. The average Bonchev–Trinajstić information content (AvgIpc) is 2.73. The van der Waals surface area contributed by atoms with E-state index in [0.717, 1.165) is 10.8 Å². The Kier molecular flexibility index (Phi) is 3.58. The number of phenolic OH excluding ortho intramolecular Hbond substituents is 1. The quantitative estimate of drug-likeness (QED) is 0.466. The lowest BCUT2D eigenvalue weighted by atomic mass is 9.81. The molecule has 0 saturated heterocycles. The molecule has 0 spiro atoms. The molecule has 5 rings (SSSR count). The fraction of sp³-hybridized carbons (Fsp3) is 0.0435. The van der Waals surface area contributed by atoms with E-state index in [1.807, 2.05) is 36.4 Å². The first kappa shape index (κ1) is 16.9. The van der Waals surface area contributed by atoms with Gasteiger partial charge in [-0.15, -0.1) is 0 Å². The van der Waals surface area contributed by atoms with Crippen LogP contribution in [0.5, 0.6) is 11.5 Å². The molecular formula is C23H15N3O3. The van der Waals surface area contributed by atoms with Gasteiger partial charge in [-0.3, -0.25) is 4.79 Å². The second kappa shape index (κ2) is 6.14. The Hall–Kier alpha value is -4.24. The van der Waals surface area contributed by atoms with Crippen molar-refractivity contribution in [1.82, 2.24) is 4.98 Å². The van der Waals surface area contributed by atoms with Gasteiger partial charge in [0.1, 0.15) is 23.1 Å². The van der Waals surface area contributed by atoms with E-state index in [1.54, 1.807) is 24.3 Å². The number of rotatable bonds is 1. The fourth-order valence-corrected chi connectivity index (χ4v) is 4.05. The number of phenols is 1. The zero-order valence-electron chi connectivity index (χ0n) is 15.1. The third kappa shape index (κ3) is 2.38. The Balaban J connectivity index is 1.95. The fourth-order valence-electron chi connectivity index (χ4n) is 4.05. The maximum absolute atomic E-state index is 13.1. The molecule has 0 amide bonds. The van der Waals surface area contributed by atoms with Crippen LogP contribution in [-0.2, 0) is 0 Å². The molecule has 140 valence electrons. The highest BCUT2D eigenvalue weighted by molar-refractivity contribution is 5.92. The highest BCUT2D eigenvalue weighted by atomic mass is 16.5. The van der Waals surface area contributed by atoms with Gasteiger partial charge in [0.15, 0.2) is 0 Å². The molecule has 0 unspecified atom stereocenters. The van der Waals surface area contributed by atoms with Crippen molar-refractivity contribution in [2.24, 2.45) is 5.73 Å². The number of nitrogens with one attached hydrogen (secondary N) is 1. The number of aromatic amines is 1. The average molecular weight is 381 g/mol. The Morgan fingerprint density at radius 1 is 1.00 bits per heavy atom. The summed E-state index contributed by atoms with van der Waals surface area (Å²) in [6, 6.07) is 20.1. The first-order valence-corrected chi connectivity index (χ1v) is 9.03. The molecule has 2 heterocycles. The first-order valence-electron chi connectivity index (χ1n) is 9.03. The summed E-state index contributed by atoms with van der Waals surface area (Å²) in [4.78, 5) is 15.9. The van der Waals surface area contributed by atoms with Crippen molar-refractivity contribution in [3.05, 3.63) is 93.6 Å². The molecule has 0 fully saturated rings. The summed E-state index contributed by atoms with van der Waals surface area (Å²) in [5, 5.41) is 22.9. The molecule has 1 atom stereocenters. The minimum atomic E-state index is -0.858. The molecule has 6 nitrogen and oxygen atoms in total. The topological polar surface area (TPSA) is 112 Å². The lowest BCUT2D eigenvalue weighted by Gasteiger charge is -2.27. The van der Waals surface area contributed by atoms with E-state index >= 15 is 0 Å². The lowest BCUT2D eigenvalue weighted by molar-refractivity contribution is 0.395. The Morgan fingerprint density at radius 2 is 1.72 bits per heavy atom. The van der Waals surface area contributed by atoms with Gasteiger partial charge < -0.3 is 20.6 Å². The molecule has 4 N–H and O–H groups in total. The van der Waals surface area contributed by atoms with Crippen LogP contribution in [0.25, 0.3) is 21.7 Å². The number of allylic oxidation sites excluding steroid dienone is 1. The van der Waals surface area contributed by atoms with E-state index in [1.165, 1.54) is 0 Å². The van der Waals surface area contributed by atoms with Crippen LogP contribution in [0.15, 0.2) is 76.9 Å². The van der Waals surface area contributed by atoms with E-state index in [2.05, 4.69) is 11.1 Å². The number of fused-ring (bicyclic) bond motifs is 4. The third-order valence-electron chi connectivity index (χ3n) is 5.32. The summed E-state index contributed by atoms with van der Waals surface area (Å²) in [5.74, 6) is -0.649. The monoisotopic (exact) mass is 381 g/mol. The number of nitrogens with two attached hydrogens (primary N) is 1. The molecule has 1 aliphatic heterocycles. The summed E-state index contributed by atoms with van der Waals surface area (Å²) in [7, 11) is 0. The lowest BCUT2D eigenvalue weighted by Crippen LogP contribution is -2.28. The number of H-pyrrole nitrogens is 1. The van der Waals surface area contributed by atoms with E-state index in [9.17, 15) is 15.2 Å².